The minimum absolute atomic E-state index is 0.105. The molecule has 0 saturated carbocycles. The molecule has 1 aliphatic heterocycles. The summed E-state index contributed by atoms with van der Waals surface area (Å²) < 4.78 is 2.10. The Balaban J connectivity index is 1.83. The molecule has 0 radical (unpaired) electrons. The molecule has 1 N–H and O–H groups in total. The molecule has 1 amide bonds. The largest absolute Gasteiger partial charge is 0.321 e. The highest BCUT2D eigenvalue weighted by atomic mass is 35.5. The Morgan fingerprint density at radius 3 is 2.88 bits per heavy atom. The first kappa shape index (κ1) is 15.2. The minimum atomic E-state index is -0.105. The Morgan fingerprint density at radius 2 is 2.12 bits per heavy atom. The normalized spacial score (nSPS) is 15.0. The fraction of sp³-hybridized carbons (Fsp3) is 0.111. The minimum Gasteiger partial charge on any atom is -0.321 e. The molecule has 3 heterocycles. The molecule has 120 valence electrons. The van der Waals surface area contributed by atoms with Gasteiger partial charge in [0.05, 0.1) is 5.69 Å². The lowest BCUT2D eigenvalue weighted by Crippen LogP contribution is -2.03. The number of halogens is 1. The van der Waals surface area contributed by atoms with Gasteiger partial charge in [-0.15, -0.1) is 11.3 Å². The average Bonchev–Trinajstić information content (AvgIpc) is 3.21. The molecular weight excluding hydrogens is 342 g/mol. The Bertz CT molecular complexity index is 986. The molecule has 0 saturated heterocycles. The molecule has 4 nitrogen and oxygen atoms in total. The van der Waals surface area contributed by atoms with E-state index in [-0.39, 0.29) is 5.91 Å². The van der Waals surface area contributed by atoms with Crippen LogP contribution in [0.4, 0.5) is 5.69 Å². The summed E-state index contributed by atoms with van der Waals surface area (Å²) in [5.41, 5.74) is 5.45. The van der Waals surface area contributed by atoms with Crippen molar-refractivity contribution in [1.29, 1.82) is 0 Å². The molecule has 1 aromatic carbocycles. The van der Waals surface area contributed by atoms with Gasteiger partial charge in [-0.2, -0.15) is 0 Å². The summed E-state index contributed by atoms with van der Waals surface area (Å²) in [6.45, 7) is 4.08. The number of hydrogen-bond donors (Lipinski definition) is 1. The molecule has 0 aliphatic carbocycles. The molecule has 1 aliphatic rings. The zero-order valence-electron chi connectivity index (χ0n) is 13.1. The van der Waals surface area contributed by atoms with Gasteiger partial charge in [0.15, 0.2) is 5.13 Å². The lowest BCUT2D eigenvalue weighted by Gasteiger charge is -2.04. The van der Waals surface area contributed by atoms with Gasteiger partial charge >= 0.3 is 0 Å². The van der Waals surface area contributed by atoms with E-state index in [1.54, 1.807) is 29.7 Å². The third kappa shape index (κ3) is 2.37. The number of aryl methyl sites for hydroxylation is 1. The van der Waals surface area contributed by atoms with Crippen molar-refractivity contribution < 1.29 is 4.79 Å². The fourth-order valence-electron chi connectivity index (χ4n) is 3.02. The van der Waals surface area contributed by atoms with E-state index in [0.29, 0.717) is 10.6 Å². The number of nitrogens with one attached hydrogen (secondary N) is 1. The number of hydrogen-bond acceptors (Lipinski definition) is 3. The molecular formula is C18H14ClN3OS. The Morgan fingerprint density at radius 1 is 1.29 bits per heavy atom. The summed E-state index contributed by atoms with van der Waals surface area (Å²) >= 11 is 7.59. The molecule has 0 atom stereocenters. The maximum atomic E-state index is 12.3. The van der Waals surface area contributed by atoms with Crippen LogP contribution in [0.3, 0.4) is 0 Å². The van der Waals surface area contributed by atoms with Crippen LogP contribution in [0, 0.1) is 13.8 Å². The molecule has 6 heteroatoms. The van der Waals surface area contributed by atoms with Gasteiger partial charge in [0.1, 0.15) is 0 Å². The number of carbonyl (C=O) groups excluding carboxylic acids is 1. The molecule has 4 rings (SSSR count). The second-order valence-corrected chi connectivity index (χ2v) is 6.99. The number of nitrogens with zero attached hydrogens (tertiary/aromatic N) is 2. The van der Waals surface area contributed by atoms with Crippen LogP contribution in [0.5, 0.6) is 0 Å². The van der Waals surface area contributed by atoms with Crippen LogP contribution in [0.25, 0.3) is 16.8 Å². The van der Waals surface area contributed by atoms with E-state index >= 15 is 0 Å². The van der Waals surface area contributed by atoms with Crippen molar-refractivity contribution in [3.8, 4) is 5.13 Å². The first-order valence-corrected chi connectivity index (χ1v) is 8.72. The molecule has 0 fully saturated rings. The van der Waals surface area contributed by atoms with Gasteiger partial charge in [-0.05, 0) is 43.7 Å². The molecule has 24 heavy (non-hydrogen) atoms. The smallest absolute Gasteiger partial charge is 0.256 e. The second-order valence-electron chi connectivity index (χ2n) is 5.68. The van der Waals surface area contributed by atoms with Crippen LogP contribution in [-0.2, 0) is 4.79 Å². The first-order chi connectivity index (χ1) is 11.5. The number of benzene rings is 1. The third-order valence-corrected chi connectivity index (χ3v) is 5.14. The van der Waals surface area contributed by atoms with Crippen LogP contribution >= 0.6 is 22.9 Å². The summed E-state index contributed by atoms with van der Waals surface area (Å²) in [6, 6.07) is 7.52. The van der Waals surface area contributed by atoms with Crippen LogP contribution < -0.4 is 5.32 Å². The Hall–Kier alpha value is -2.37. The fourth-order valence-corrected chi connectivity index (χ4v) is 3.94. The van der Waals surface area contributed by atoms with Crippen molar-refractivity contribution >= 4 is 46.2 Å². The van der Waals surface area contributed by atoms with Crippen LogP contribution in [0.2, 0.25) is 5.02 Å². The van der Waals surface area contributed by atoms with Crippen molar-refractivity contribution in [3.05, 3.63) is 63.4 Å². The average molecular weight is 356 g/mol. The standard InChI is InChI=1S/C18H14ClN3OS/c1-10-7-12(11(2)22(10)18-20-5-6-24-18)8-15-14-4-3-13(19)9-16(14)21-17(15)23/h3-9H,1-2H3,(H,21,23)/b15-8-. The van der Waals surface area contributed by atoms with Gasteiger partial charge in [0.25, 0.3) is 5.91 Å². The number of amides is 1. The quantitative estimate of drug-likeness (QED) is 0.677. The maximum Gasteiger partial charge on any atom is 0.256 e. The number of thiazole rings is 1. The van der Waals surface area contributed by atoms with E-state index in [9.17, 15) is 4.79 Å². The van der Waals surface area contributed by atoms with Crippen LogP contribution in [0.1, 0.15) is 22.5 Å². The Kier molecular flexibility index (Phi) is 3.55. The second kappa shape index (κ2) is 5.61. The zero-order chi connectivity index (χ0) is 16.8. The molecule has 0 unspecified atom stereocenters. The highest BCUT2D eigenvalue weighted by Crippen LogP contribution is 2.36. The number of rotatable bonds is 2. The van der Waals surface area contributed by atoms with Crippen molar-refractivity contribution in [2.45, 2.75) is 13.8 Å². The summed E-state index contributed by atoms with van der Waals surface area (Å²) in [5.74, 6) is -0.105. The van der Waals surface area contributed by atoms with Gasteiger partial charge in [0.2, 0.25) is 0 Å². The maximum absolute atomic E-state index is 12.3. The predicted molar refractivity (Wildman–Crippen MR) is 98.9 cm³/mol. The number of fused-ring (bicyclic) bond motifs is 1. The van der Waals surface area contributed by atoms with E-state index in [0.717, 1.165) is 33.3 Å². The zero-order valence-corrected chi connectivity index (χ0v) is 14.7. The lowest BCUT2D eigenvalue weighted by atomic mass is 10.0. The van der Waals surface area contributed by atoms with Crippen LogP contribution in [0.15, 0.2) is 35.8 Å². The number of carbonyl (C=O) groups is 1. The summed E-state index contributed by atoms with van der Waals surface area (Å²) in [4.78, 5) is 16.7. The molecule has 0 bridgehead atoms. The molecule has 3 aromatic rings. The third-order valence-electron chi connectivity index (χ3n) is 4.15. The number of anilines is 1. The monoisotopic (exact) mass is 355 g/mol. The summed E-state index contributed by atoms with van der Waals surface area (Å²) in [5, 5.41) is 6.36. The van der Waals surface area contributed by atoms with Gasteiger partial charge in [-0.1, -0.05) is 17.7 Å². The van der Waals surface area contributed by atoms with E-state index in [2.05, 4.69) is 20.9 Å². The van der Waals surface area contributed by atoms with Crippen LogP contribution in [-0.4, -0.2) is 15.5 Å². The van der Waals surface area contributed by atoms with E-state index in [1.807, 2.05) is 31.4 Å². The lowest BCUT2D eigenvalue weighted by molar-refractivity contribution is -0.110. The van der Waals surface area contributed by atoms with Gasteiger partial charge in [-0.3, -0.25) is 9.36 Å². The SMILES string of the molecule is Cc1cc(/C=C2\C(=O)Nc3cc(Cl)ccc32)c(C)n1-c1nccs1. The van der Waals surface area contributed by atoms with Crippen molar-refractivity contribution in [2.24, 2.45) is 0 Å². The Labute approximate surface area is 148 Å². The van der Waals surface area contributed by atoms with Crippen molar-refractivity contribution in [2.75, 3.05) is 5.32 Å². The van der Waals surface area contributed by atoms with E-state index in [4.69, 9.17) is 11.6 Å². The van der Waals surface area contributed by atoms with E-state index < -0.39 is 0 Å². The highest BCUT2D eigenvalue weighted by molar-refractivity contribution is 7.12. The van der Waals surface area contributed by atoms with E-state index in [1.165, 1.54) is 0 Å². The van der Waals surface area contributed by atoms with Gasteiger partial charge < -0.3 is 5.32 Å². The first-order valence-electron chi connectivity index (χ1n) is 7.46. The highest BCUT2D eigenvalue weighted by Gasteiger charge is 2.25. The number of aromatic nitrogens is 2. The van der Waals surface area contributed by atoms with Gasteiger partial charge in [-0.25, -0.2) is 4.98 Å². The molecule has 2 aromatic heterocycles. The summed E-state index contributed by atoms with van der Waals surface area (Å²) in [6.07, 6.45) is 3.73. The van der Waals surface area contributed by atoms with Crippen molar-refractivity contribution in [1.82, 2.24) is 9.55 Å². The topological polar surface area (TPSA) is 46.9 Å². The molecule has 0 spiro atoms. The van der Waals surface area contributed by atoms with Crippen molar-refractivity contribution in [3.63, 3.8) is 0 Å². The predicted octanol–water partition coefficient (Wildman–Crippen LogP) is 4.70. The van der Waals surface area contributed by atoms with Gasteiger partial charge in [0, 0.05) is 39.1 Å². The summed E-state index contributed by atoms with van der Waals surface area (Å²) in [7, 11) is 0.